The summed E-state index contributed by atoms with van der Waals surface area (Å²) in [6.45, 7) is 0. The van der Waals surface area contributed by atoms with Gasteiger partial charge in [0.25, 0.3) is 0 Å². The van der Waals surface area contributed by atoms with Crippen molar-refractivity contribution >= 4 is 21.7 Å². The fourth-order valence-corrected chi connectivity index (χ4v) is 2.73. The molecule has 0 atom stereocenters. The number of aryl methyl sites for hydroxylation is 1. The molecule has 2 N–H and O–H groups in total. The van der Waals surface area contributed by atoms with Gasteiger partial charge in [0.1, 0.15) is 17.3 Å². The lowest BCUT2D eigenvalue weighted by atomic mass is 10.0. The highest BCUT2D eigenvalue weighted by Gasteiger charge is 2.22. The molecule has 0 spiro atoms. The monoisotopic (exact) mass is 346 g/mol. The van der Waals surface area contributed by atoms with Crippen LogP contribution >= 0.6 is 15.9 Å². The van der Waals surface area contributed by atoms with E-state index in [-0.39, 0.29) is 5.82 Å². The Morgan fingerprint density at radius 1 is 1.14 bits per heavy atom. The van der Waals surface area contributed by atoms with E-state index in [4.69, 9.17) is 5.73 Å². The van der Waals surface area contributed by atoms with Gasteiger partial charge in [-0.15, -0.1) is 0 Å². The number of hydrogen-bond acceptors (Lipinski definition) is 3. The van der Waals surface area contributed by atoms with Crippen molar-refractivity contribution in [2.45, 2.75) is 0 Å². The summed E-state index contributed by atoms with van der Waals surface area (Å²) in [5.74, 6) is 0.0820. The van der Waals surface area contributed by atoms with Gasteiger partial charge in [0.2, 0.25) is 0 Å². The number of nitrogen functional groups attached to an aromatic ring is 1. The Morgan fingerprint density at radius 3 is 2.62 bits per heavy atom. The van der Waals surface area contributed by atoms with E-state index in [1.54, 1.807) is 25.4 Å². The number of benzene rings is 1. The molecule has 0 fully saturated rings. The fraction of sp³-hybridized carbons (Fsp3) is 0.0667. The second kappa shape index (κ2) is 5.29. The Balaban J connectivity index is 2.33. The van der Waals surface area contributed by atoms with E-state index in [0.717, 1.165) is 0 Å². The minimum atomic E-state index is -0.361. The van der Waals surface area contributed by atoms with Crippen molar-refractivity contribution < 1.29 is 4.39 Å². The molecule has 0 saturated carbocycles. The summed E-state index contributed by atoms with van der Waals surface area (Å²) in [5.41, 5.74) is 8.24. The van der Waals surface area contributed by atoms with E-state index >= 15 is 0 Å². The van der Waals surface area contributed by atoms with Crippen molar-refractivity contribution in [1.82, 2.24) is 14.8 Å². The van der Waals surface area contributed by atoms with Gasteiger partial charge in [0.05, 0.1) is 16.8 Å². The van der Waals surface area contributed by atoms with Crippen molar-refractivity contribution in [2.75, 3.05) is 5.73 Å². The molecule has 0 saturated heterocycles. The molecule has 21 heavy (non-hydrogen) atoms. The third-order valence-corrected chi connectivity index (χ3v) is 3.87. The molecule has 0 amide bonds. The third kappa shape index (κ3) is 2.31. The molecule has 106 valence electrons. The SMILES string of the molecule is Cn1nc(-c2c(F)cccc2Br)c(-c2ccccn2)c1N. The van der Waals surface area contributed by atoms with E-state index in [2.05, 4.69) is 26.0 Å². The van der Waals surface area contributed by atoms with Crippen LogP contribution in [0, 0.1) is 5.82 Å². The summed E-state index contributed by atoms with van der Waals surface area (Å²) in [5, 5.41) is 4.36. The first-order chi connectivity index (χ1) is 10.1. The molecule has 0 unspecified atom stereocenters. The molecule has 6 heteroatoms. The van der Waals surface area contributed by atoms with E-state index < -0.39 is 0 Å². The lowest BCUT2D eigenvalue weighted by Gasteiger charge is -2.06. The predicted molar refractivity (Wildman–Crippen MR) is 83.9 cm³/mol. The van der Waals surface area contributed by atoms with Crippen molar-refractivity contribution in [3.05, 3.63) is 52.9 Å². The first kappa shape index (κ1) is 13.8. The summed E-state index contributed by atoms with van der Waals surface area (Å²) >= 11 is 3.37. The van der Waals surface area contributed by atoms with Crippen LogP contribution in [0.1, 0.15) is 0 Å². The number of halogens is 2. The van der Waals surface area contributed by atoms with Crippen LogP contribution in [0.3, 0.4) is 0 Å². The van der Waals surface area contributed by atoms with Gasteiger partial charge in [-0.3, -0.25) is 9.67 Å². The van der Waals surface area contributed by atoms with Crippen LogP contribution in [0.25, 0.3) is 22.5 Å². The van der Waals surface area contributed by atoms with Crippen molar-refractivity contribution in [2.24, 2.45) is 7.05 Å². The van der Waals surface area contributed by atoms with Gasteiger partial charge in [-0.05, 0) is 40.2 Å². The van der Waals surface area contributed by atoms with E-state index in [0.29, 0.717) is 32.8 Å². The summed E-state index contributed by atoms with van der Waals surface area (Å²) < 4.78 is 16.4. The highest BCUT2D eigenvalue weighted by atomic mass is 79.9. The first-order valence-electron chi connectivity index (χ1n) is 6.28. The van der Waals surface area contributed by atoms with Crippen LogP contribution in [0.5, 0.6) is 0 Å². The molecule has 2 heterocycles. The topological polar surface area (TPSA) is 56.7 Å². The van der Waals surface area contributed by atoms with Gasteiger partial charge in [-0.1, -0.05) is 12.1 Å². The molecule has 0 aliphatic rings. The smallest absolute Gasteiger partial charge is 0.133 e. The summed E-state index contributed by atoms with van der Waals surface area (Å²) in [4.78, 5) is 4.30. The van der Waals surface area contributed by atoms with Gasteiger partial charge < -0.3 is 5.73 Å². The van der Waals surface area contributed by atoms with Crippen LogP contribution in [-0.4, -0.2) is 14.8 Å². The fourth-order valence-electron chi connectivity index (χ4n) is 2.20. The lowest BCUT2D eigenvalue weighted by Crippen LogP contribution is -1.98. The maximum Gasteiger partial charge on any atom is 0.133 e. The van der Waals surface area contributed by atoms with Crippen LogP contribution < -0.4 is 5.73 Å². The van der Waals surface area contributed by atoms with Crippen molar-refractivity contribution in [3.8, 4) is 22.5 Å². The Hall–Kier alpha value is -2.21. The van der Waals surface area contributed by atoms with Gasteiger partial charge in [-0.25, -0.2) is 4.39 Å². The molecule has 0 aliphatic heterocycles. The Morgan fingerprint density at radius 2 is 1.95 bits per heavy atom. The molecular formula is C15H12BrFN4. The number of nitrogens with two attached hydrogens (primary N) is 1. The lowest BCUT2D eigenvalue weighted by molar-refractivity contribution is 0.629. The number of pyridine rings is 1. The van der Waals surface area contributed by atoms with Crippen molar-refractivity contribution in [3.63, 3.8) is 0 Å². The predicted octanol–water partition coefficient (Wildman–Crippen LogP) is 3.63. The molecule has 0 aliphatic carbocycles. The summed E-state index contributed by atoms with van der Waals surface area (Å²) in [6.07, 6.45) is 1.67. The number of rotatable bonds is 2. The van der Waals surface area contributed by atoms with Crippen LogP contribution in [0.15, 0.2) is 47.1 Å². The number of aromatic nitrogens is 3. The molecule has 4 nitrogen and oxygen atoms in total. The van der Waals surface area contributed by atoms with Crippen molar-refractivity contribution in [1.29, 1.82) is 0 Å². The summed E-state index contributed by atoms with van der Waals surface area (Å²) in [6, 6.07) is 10.3. The van der Waals surface area contributed by atoms with Gasteiger partial charge in [0, 0.05) is 17.7 Å². The summed E-state index contributed by atoms with van der Waals surface area (Å²) in [7, 11) is 1.72. The van der Waals surface area contributed by atoms with E-state index in [9.17, 15) is 4.39 Å². The van der Waals surface area contributed by atoms with E-state index in [1.807, 2.05) is 18.2 Å². The molecule has 0 bridgehead atoms. The second-order valence-corrected chi connectivity index (χ2v) is 5.40. The first-order valence-corrected chi connectivity index (χ1v) is 7.07. The molecule has 2 aromatic heterocycles. The Bertz CT molecular complexity index is 779. The molecule has 3 aromatic rings. The molecule has 1 aromatic carbocycles. The number of nitrogens with zero attached hydrogens (tertiary/aromatic N) is 3. The molecule has 3 rings (SSSR count). The van der Waals surface area contributed by atoms with Crippen LogP contribution in [0.2, 0.25) is 0 Å². The minimum absolute atomic E-state index is 0.361. The number of hydrogen-bond donors (Lipinski definition) is 1. The third-order valence-electron chi connectivity index (χ3n) is 3.21. The second-order valence-electron chi connectivity index (χ2n) is 4.54. The number of anilines is 1. The zero-order chi connectivity index (χ0) is 15.0. The molecule has 0 radical (unpaired) electrons. The van der Waals surface area contributed by atoms with Crippen LogP contribution in [0.4, 0.5) is 10.2 Å². The molecular weight excluding hydrogens is 335 g/mol. The maximum absolute atomic E-state index is 14.2. The van der Waals surface area contributed by atoms with E-state index in [1.165, 1.54) is 10.7 Å². The van der Waals surface area contributed by atoms with Gasteiger partial charge in [-0.2, -0.15) is 5.10 Å². The van der Waals surface area contributed by atoms with Crippen LogP contribution in [-0.2, 0) is 7.05 Å². The average molecular weight is 347 g/mol. The van der Waals surface area contributed by atoms with Gasteiger partial charge >= 0.3 is 0 Å². The normalized spacial score (nSPS) is 10.8. The zero-order valence-corrected chi connectivity index (χ0v) is 12.8. The maximum atomic E-state index is 14.2. The standard InChI is InChI=1S/C15H12BrFN4/c1-21-15(18)13(11-7-2-3-8-19-11)14(20-21)12-9(16)5-4-6-10(12)17/h2-8H,18H2,1H3. The quantitative estimate of drug-likeness (QED) is 0.770. The van der Waals surface area contributed by atoms with Gasteiger partial charge in [0.15, 0.2) is 0 Å². The average Bonchev–Trinajstić information content (AvgIpc) is 2.75. The Labute approximate surface area is 129 Å². The highest BCUT2D eigenvalue weighted by Crippen LogP contribution is 2.39. The largest absolute Gasteiger partial charge is 0.383 e. The zero-order valence-electron chi connectivity index (χ0n) is 11.2. The highest BCUT2D eigenvalue weighted by molar-refractivity contribution is 9.10. The Kier molecular flexibility index (Phi) is 3.47. The minimum Gasteiger partial charge on any atom is -0.383 e.